The van der Waals surface area contributed by atoms with Gasteiger partial charge in [-0.25, -0.2) is 4.98 Å². The molecule has 2 aliphatic heterocycles. The van der Waals surface area contributed by atoms with Gasteiger partial charge in [-0.1, -0.05) is 12.1 Å². The Morgan fingerprint density at radius 3 is 2.79 bits per heavy atom. The molecule has 0 aliphatic carbocycles. The summed E-state index contributed by atoms with van der Waals surface area (Å²) in [6.45, 7) is -1.62. The number of fused-ring (bicyclic) bond motifs is 5. The minimum atomic E-state index is -2.54. The lowest BCUT2D eigenvalue weighted by atomic mass is 10.1. The van der Waals surface area contributed by atoms with E-state index in [2.05, 4.69) is 27.9 Å². The van der Waals surface area contributed by atoms with E-state index in [4.69, 9.17) is 8.00 Å². The molecule has 2 aliphatic rings. The van der Waals surface area contributed by atoms with Gasteiger partial charge < -0.3 is 14.6 Å². The quantitative estimate of drug-likeness (QED) is 0.467. The van der Waals surface area contributed by atoms with Gasteiger partial charge >= 0.3 is 0 Å². The molecule has 0 bridgehead atoms. The predicted octanol–water partition coefficient (Wildman–Crippen LogP) is 3.59. The standard InChI is InChI=1S/C26H21N5O2/c27-13-17-1-3-18(4-2-17)20-12-24-25-28-8-10-31(25)23-6-5-22(11-21(23)15-29(24)14-20)30-9-7-19(16-32)26(30)33/h1-6,8,10-12,14,19,32H,7,9,15-16H2/i16D2. The molecule has 7 nitrogen and oxygen atoms in total. The molecule has 2 aromatic heterocycles. The monoisotopic (exact) mass is 437 g/mol. The number of carbonyl (C=O) groups is 1. The number of nitriles is 1. The van der Waals surface area contributed by atoms with E-state index in [-0.39, 0.29) is 6.42 Å². The first-order valence-electron chi connectivity index (χ1n) is 11.7. The third-order valence-electron chi connectivity index (χ3n) is 6.45. The summed E-state index contributed by atoms with van der Waals surface area (Å²) in [6, 6.07) is 17.5. The summed E-state index contributed by atoms with van der Waals surface area (Å²) in [5.74, 6) is -0.658. The maximum atomic E-state index is 12.8. The number of anilines is 1. The number of aromatic nitrogens is 3. The molecule has 2 aromatic carbocycles. The van der Waals surface area contributed by atoms with Gasteiger partial charge in [0.05, 0.1) is 38.2 Å². The van der Waals surface area contributed by atoms with Crippen LogP contribution in [0.15, 0.2) is 67.1 Å². The van der Waals surface area contributed by atoms with Crippen LogP contribution in [0.3, 0.4) is 0 Å². The van der Waals surface area contributed by atoms with Crippen molar-refractivity contribution in [3.05, 3.63) is 78.2 Å². The molecule has 1 saturated heterocycles. The maximum absolute atomic E-state index is 12.8. The molecular weight excluding hydrogens is 414 g/mol. The number of benzene rings is 2. The van der Waals surface area contributed by atoms with E-state index < -0.39 is 18.4 Å². The van der Waals surface area contributed by atoms with E-state index in [1.165, 1.54) is 0 Å². The summed E-state index contributed by atoms with van der Waals surface area (Å²) in [7, 11) is 0. The van der Waals surface area contributed by atoms with Crippen LogP contribution in [0.5, 0.6) is 0 Å². The van der Waals surface area contributed by atoms with Gasteiger partial charge in [0.15, 0.2) is 5.82 Å². The second-order valence-corrected chi connectivity index (χ2v) is 8.33. The van der Waals surface area contributed by atoms with Crippen LogP contribution in [-0.4, -0.2) is 38.2 Å². The number of nitrogens with zero attached hydrogens (tertiary/aromatic N) is 5. The summed E-state index contributed by atoms with van der Waals surface area (Å²) in [6.07, 6.45) is 6.00. The molecule has 1 unspecified atom stereocenters. The number of amides is 1. The third kappa shape index (κ3) is 3.07. The van der Waals surface area contributed by atoms with Gasteiger partial charge in [0.2, 0.25) is 5.91 Å². The Bertz CT molecular complexity index is 1510. The Labute approximate surface area is 193 Å². The average molecular weight is 437 g/mol. The average Bonchev–Trinajstić information content (AvgIpc) is 3.56. The molecule has 1 fully saturated rings. The largest absolute Gasteiger partial charge is 0.396 e. The number of imidazole rings is 1. The van der Waals surface area contributed by atoms with Crippen LogP contribution in [0.2, 0.25) is 0 Å². The second kappa shape index (κ2) is 7.47. The molecule has 0 saturated carbocycles. The highest BCUT2D eigenvalue weighted by atomic mass is 16.3. The molecule has 6 rings (SSSR count). The van der Waals surface area contributed by atoms with E-state index in [1.54, 1.807) is 23.2 Å². The third-order valence-corrected chi connectivity index (χ3v) is 6.45. The highest BCUT2D eigenvalue weighted by Gasteiger charge is 2.32. The molecular formula is C26H21N5O2. The van der Waals surface area contributed by atoms with Crippen molar-refractivity contribution < 1.29 is 12.6 Å². The first-order chi connectivity index (χ1) is 16.8. The summed E-state index contributed by atoms with van der Waals surface area (Å²) in [5.41, 5.74) is 6.23. The Morgan fingerprint density at radius 1 is 1.18 bits per heavy atom. The van der Waals surface area contributed by atoms with E-state index in [1.807, 2.05) is 41.1 Å². The molecule has 33 heavy (non-hydrogen) atoms. The summed E-state index contributed by atoms with van der Waals surface area (Å²) in [5, 5.41) is 18.9. The van der Waals surface area contributed by atoms with E-state index >= 15 is 0 Å². The summed E-state index contributed by atoms with van der Waals surface area (Å²) < 4.78 is 19.3. The lowest BCUT2D eigenvalue weighted by Crippen LogP contribution is -2.28. The van der Waals surface area contributed by atoms with Crippen molar-refractivity contribution in [2.45, 2.75) is 13.0 Å². The van der Waals surface area contributed by atoms with Crippen molar-refractivity contribution in [1.29, 1.82) is 5.26 Å². The van der Waals surface area contributed by atoms with Crippen molar-refractivity contribution in [2.75, 3.05) is 18.0 Å². The zero-order valence-corrected chi connectivity index (χ0v) is 17.6. The van der Waals surface area contributed by atoms with Crippen molar-refractivity contribution in [2.24, 2.45) is 5.92 Å². The highest BCUT2D eigenvalue weighted by Crippen LogP contribution is 2.36. The van der Waals surface area contributed by atoms with Crippen LogP contribution >= 0.6 is 0 Å². The molecule has 4 heterocycles. The molecule has 0 radical (unpaired) electrons. The van der Waals surface area contributed by atoms with Crippen LogP contribution < -0.4 is 4.90 Å². The molecule has 4 aromatic rings. The normalized spacial score (nSPS) is 18.0. The van der Waals surface area contributed by atoms with E-state index in [9.17, 15) is 9.90 Å². The van der Waals surface area contributed by atoms with Crippen LogP contribution in [0.1, 0.15) is 20.3 Å². The Balaban J connectivity index is 1.40. The molecule has 0 spiro atoms. The highest BCUT2D eigenvalue weighted by molar-refractivity contribution is 5.97. The van der Waals surface area contributed by atoms with Gasteiger partial charge in [-0.3, -0.25) is 9.36 Å². The van der Waals surface area contributed by atoms with Gasteiger partial charge in [-0.2, -0.15) is 5.26 Å². The van der Waals surface area contributed by atoms with Gasteiger partial charge in [0, 0.05) is 42.9 Å². The number of aliphatic hydroxyl groups is 1. The number of hydrogen-bond acceptors (Lipinski definition) is 4. The second-order valence-electron chi connectivity index (χ2n) is 8.33. The van der Waals surface area contributed by atoms with Crippen LogP contribution in [0.25, 0.3) is 28.3 Å². The first-order valence-corrected chi connectivity index (χ1v) is 10.7. The Kier molecular flexibility index (Phi) is 3.94. The molecule has 1 N–H and O–H groups in total. The molecule has 7 heteroatoms. The topological polar surface area (TPSA) is 87.1 Å². The minimum absolute atomic E-state index is 0.265. The Hall–Kier alpha value is -4.15. The minimum Gasteiger partial charge on any atom is -0.396 e. The maximum Gasteiger partial charge on any atom is 0.232 e. The zero-order chi connectivity index (χ0) is 24.3. The van der Waals surface area contributed by atoms with Crippen LogP contribution in [-0.2, 0) is 11.3 Å². The van der Waals surface area contributed by atoms with Crippen LogP contribution in [0.4, 0.5) is 5.69 Å². The predicted molar refractivity (Wildman–Crippen MR) is 124 cm³/mol. The van der Waals surface area contributed by atoms with Gasteiger partial charge in [-0.15, -0.1) is 0 Å². The van der Waals surface area contributed by atoms with E-state index in [0.29, 0.717) is 24.3 Å². The molecule has 1 amide bonds. The van der Waals surface area contributed by atoms with Crippen molar-refractivity contribution in [3.8, 4) is 34.4 Å². The van der Waals surface area contributed by atoms with Gasteiger partial charge in [0.25, 0.3) is 0 Å². The molecule has 162 valence electrons. The lowest BCUT2D eigenvalue weighted by Gasteiger charge is -2.19. The zero-order valence-electron chi connectivity index (χ0n) is 19.6. The number of carbonyl (C=O) groups excluding carboxylic acids is 1. The SMILES string of the molecule is [2H]C([2H])(O)C1CCN(c2ccc3c(c2)Cn2cc(-c4ccc(C#N)cc4)cc2-c2nccn2-3)C1=O. The smallest absolute Gasteiger partial charge is 0.232 e. The van der Waals surface area contributed by atoms with Crippen LogP contribution in [0, 0.1) is 17.2 Å². The van der Waals surface area contributed by atoms with Crippen molar-refractivity contribution in [3.63, 3.8) is 0 Å². The van der Waals surface area contributed by atoms with E-state index in [0.717, 1.165) is 33.9 Å². The van der Waals surface area contributed by atoms with Gasteiger partial charge in [0.1, 0.15) is 0 Å². The first kappa shape index (κ1) is 17.4. The number of hydrogen-bond donors (Lipinski definition) is 1. The molecule has 1 atom stereocenters. The number of rotatable bonds is 3. The van der Waals surface area contributed by atoms with Crippen molar-refractivity contribution >= 4 is 11.6 Å². The van der Waals surface area contributed by atoms with Crippen molar-refractivity contribution in [1.82, 2.24) is 14.1 Å². The lowest BCUT2D eigenvalue weighted by molar-refractivity contribution is -0.121. The summed E-state index contributed by atoms with van der Waals surface area (Å²) >= 11 is 0. The Morgan fingerprint density at radius 2 is 2.03 bits per heavy atom. The van der Waals surface area contributed by atoms with Gasteiger partial charge in [-0.05, 0) is 53.9 Å². The fourth-order valence-corrected chi connectivity index (χ4v) is 4.75. The summed E-state index contributed by atoms with van der Waals surface area (Å²) in [4.78, 5) is 19.0. The fourth-order valence-electron chi connectivity index (χ4n) is 4.75. The fraction of sp³-hybridized carbons (Fsp3) is 0.192.